The molecule has 0 bridgehead atoms. The maximum absolute atomic E-state index is 10.1. The fourth-order valence-electron chi connectivity index (χ4n) is 2.28. The Balaban J connectivity index is 1.98. The van der Waals surface area contributed by atoms with Crippen LogP contribution in [0.5, 0.6) is 5.75 Å². The number of aromatic nitrogens is 2. The van der Waals surface area contributed by atoms with Crippen LogP contribution in [0.15, 0.2) is 58.7 Å². The van der Waals surface area contributed by atoms with Crippen LogP contribution >= 0.6 is 0 Å². The Bertz CT molecular complexity index is 1040. The summed E-state index contributed by atoms with van der Waals surface area (Å²) in [7, 11) is 1.57. The molecular formula is C17H16N6O2. The fraction of sp³-hybridized carbons (Fsp3) is 0.0588. The zero-order valence-corrected chi connectivity index (χ0v) is 13.4. The van der Waals surface area contributed by atoms with Crippen molar-refractivity contribution in [3.05, 3.63) is 65.3 Å². The fourth-order valence-corrected chi connectivity index (χ4v) is 2.28. The lowest BCUT2D eigenvalue weighted by molar-refractivity contribution is 0.183. The van der Waals surface area contributed by atoms with Crippen LogP contribution in [-0.2, 0) is 0 Å². The summed E-state index contributed by atoms with van der Waals surface area (Å²) in [6, 6.07) is 14.2. The summed E-state index contributed by atoms with van der Waals surface area (Å²) in [4.78, 5) is 4.27. The molecule has 1 aromatic heterocycles. The third kappa shape index (κ3) is 3.18. The molecule has 0 atom stereocenters. The van der Waals surface area contributed by atoms with E-state index in [0.717, 1.165) is 5.56 Å². The summed E-state index contributed by atoms with van der Waals surface area (Å²) in [6.07, 6.45) is 1.49. The van der Waals surface area contributed by atoms with Crippen LogP contribution in [0, 0.1) is 5.41 Å². The van der Waals surface area contributed by atoms with E-state index in [9.17, 15) is 5.21 Å². The molecule has 0 saturated carbocycles. The normalized spacial score (nSPS) is 12.0. The number of para-hydroxylation sites is 3. The maximum Gasteiger partial charge on any atom is 0.191 e. The first kappa shape index (κ1) is 16.2. The molecular weight excluding hydrogens is 320 g/mol. The SMILES string of the molecule is COc1ccccc1/C=N\N=C(N)c1nc2ccccc2n(O)c1=N. The minimum absolute atomic E-state index is 0.0402. The van der Waals surface area contributed by atoms with Crippen LogP contribution in [0.4, 0.5) is 0 Å². The van der Waals surface area contributed by atoms with Gasteiger partial charge in [-0.15, -0.1) is 5.10 Å². The van der Waals surface area contributed by atoms with Crippen molar-refractivity contribution in [2.45, 2.75) is 0 Å². The molecule has 0 amide bonds. The van der Waals surface area contributed by atoms with Crippen molar-refractivity contribution in [1.82, 2.24) is 9.71 Å². The van der Waals surface area contributed by atoms with E-state index in [0.29, 0.717) is 21.5 Å². The van der Waals surface area contributed by atoms with Gasteiger partial charge in [0.25, 0.3) is 0 Å². The third-order valence-electron chi connectivity index (χ3n) is 3.52. The van der Waals surface area contributed by atoms with Crippen molar-refractivity contribution < 1.29 is 9.94 Å². The van der Waals surface area contributed by atoms with Gasteiger partial charge in [-0.1, -0.05) is 24.3 Å². The molecule has 3 rings (SSSR count). The van der Waals surface area contributed by atoms with E-state index in [-0.39, 0.29) is 17.0 Å². The largest absolute Gasteiger partial charge is 0.496 e. The Kier molecular flexibility index (Phi) is 4.42. The standard InChI is InChI=1S/C17H16N6O2/c1-25-14-9-5-2-6-11(14)10-20-22-16(18)15-17(19)23(24)13-8-4-3-7-12(13)21-15/h2-10,19,24H,1H3,(H2,18,22)/b19-17?,20-10-. The highest BCUT2D eigenvalue weighted by Gasteiger charge is 2.10. The monoisotopic (exact) mass is 336 g/mol. The molecule has 126 valence electrons. The Labute approximate surface area is 143 Å². The Morgan fingerprint density at radius 2 is 1.96 bits per heavy atom. The number of amidine groups is 1. The van der Waals surface area contributed by atoms with E-state index in [1.807, 2.05) is 18.2 Å². The molecule has 8 heteroatoms. The number of hydrogen-bond acceptors (Lipinski definition) is 6. The maximum atomic E-state index is 10.1. The molecule has 0 aliphatic heterocycles. The molecule has 0 radical (unpaired) electrons. The molecule has 0 unspecified atom stereocenters. The van der Waals surface area contributed by atoms with E-state index in [1.54, 1.807) is 37.4 Å². The van der Waals surface area contributed by atoms with Crippen molar-refractivity contribution in [3.8, 4) is 5.75 Å². The number of benzene rings is 2. The van der Waals surface area contributed by atoms with Crippen LogP contribution in [0.1, 0.15) is 11.3 Å². The van der Waals surface area contributed by atoms with Crippen molar-refractivity contribution in [2.24, 2.45) is 15.9 Å². The molecule has 0 spiro atoms. The Hall–Kier alpha value is -3.68. The second-order valence-corrected chi connectivity index (χ2v) is 5.08. The number of nitrogens with zero attached hydrogens (tertiary/aromatic N) is 4. The van der Waals surface area contributed by atoms with Gasteiger partial charge in [0.2, 0.25) is 0 Å². The van der Waals surface area contributed by atoms with Gasteiger partial charge in [-0.05, 0) is 24.3 Å². The molecule has 0 aliphatic rings. The van der Waals surface area contributed by atoms with Crippen molar-refractivity contribution >= 4 is 23.1 Å². The molecule has 8 nitrogen and oxygen atoms in total. The first-order valence-corrected chi connectivity index (χ1v) is 7.37. The molecule has 2 aromatic carbocycles. The van der Waals surface area contributed by atoms with Gasteiger partial charge in [0.05, 0.1) is 18.8 Å². The van der Waals surface area contributed by atoms with Gasteiger partial charge in [0.1, 0.15) is 11.3 Å². The van der Waals surface area contributed by atoms with Gasteiger partial charge in [0, 0.05) is 5.56 Å². The molecule has 3 aromatic rings. The number of hydrogen-bond donors (Lipinski definition) is 3. The predicted octanol–water partition coefficient (Wildman–Crippen LogP) is 1.50. The average molecular weight is 336 g/mol. The zero-order valence-electron chi connectivity index (χ0n) is 13.4. The smallest absolute Gasteiger partial charge is 0.191 e. The summed E-state index contributed by atoms with van der Waals surface area (Å²) >= 11 is 0. The van der Waals surface area contributed by atoms with Gasteiger partial charge >= 0.3 is 0 Å². The van der Waals surface area contributed by atoms with Crippen molar-refractivity contribution in [2.75, 3.05) is 7.11 Å². The number of nitrogens with two attached hydrogens (primary N) is 1. The lowest BCUT2D eigenvalue weighted by atomic mass is 10.2. The molecule has 0 saturated heterocycles. The zero-order chi connectivity index (χ0) is 17.8. The van der Waals surface area contributed by atoms with Gasteiger partial charge in [-0.3, -0.25) is 5.41 Å². The number of ether oxygens (including phenoxy) is 1. The van der Waals surface area contributed by atoms with Crippen LogP contribution in [-0.4, -0.2) is 34.1 Å². The van der Waals surface area contributed by atoms with Crippen LogP contribution in [0.25, 0.3) is 11.0 Å². The molecule has 0 aliphatic carbocycles. The van der Waals surface area contributed by atoms with Gasteiger partial charge in [-0.25, -0.2) is 4.98 Å². The number of methoxy groups -OCH3 is 1. The molecule has 1 heterocycles. The first-order chi connectivity index (χ1) is 12.1. The van der Waals surface area contributed by atoms with Gasteiger partial charge in [0.15, 0.2) is 17.0 Å². The average Bonchev–Trinajstić information content (AvgIpc) is 2.65. The minimum atomic E-state index is -0.271. The summed E-state index contributed by atoms with van der Waals surface area (Å²) in [5, 5.41) is 25.9. The molecule has 25 heavy (non-hydrogen) atoms. The highest BCUT2D eigenvalue weighted by molar-refractivity contribution is 5.97. The van der Waals surface area contributed by atoms with Crippen molar-refractivity contribution in [1.29, 1.82) is 5.41 Å². The molecule has 0 fully saturated rings. The van der Waals surface area contributed by atoms with Crippen LogP contribution in [0.2, 0.25) is 0 Å². The minimum Gasteiger partial charge on any atom is -0.496 e. The second kappa shape index (κ2) is 6.83. The lowest BCUT2D eigenvalue weighted by Gasteiger charge is -2.07. The summed E-state index contributed by atoms with van der Waals surface area (Å²) in [5.41, 5.74) is 7.28. The van der Waals surface area contributed by atoms with Crippen LogP contribution < -0.4 is 16.0 Å². The lowest BCUT2D eigenvalue weighted by Crippen LogP contribution is -2.31. The van der Waals surface area contributed by atoms with Gasteiger partial charge in [-0.2, -0.15) is 9.83 Å². The Morgan fingerprint density at radius 3 is 2.76 bits per heavy atom. The quantitative estimate of drug-likeness (QED) is 0.289. The Morgan fingerprint density at radius 1 is 1.24 bits per heavy atom. The second-order valence-electron chi connectivity index (χ2n) is 5.08. The highest BCUT2D eigenvalue weighted by Crippen LogP contribution is 2.14. The summed E-state index contributed by atoms with van der Waals surface area (Å²) < 4.78 is 5.93. The first-order valence-electron chi connectivity index (χ1n) is 7.37. The van der Waals surface area contributed by atoms with Crippen LogP contribution in [0.3, 0.4) is 0 Å². The topological polar surface area (TPSA) is 122 Å². The van der Waals surface area contributed by atoms with E-state index in [2.05, 4.69) is 15.2 Å². The number of rotatable bonds is 4. The highest BCUT2D eigenvalue weighted by atomic mass is 16.5. The van der Waals surface area contributed by atoms with Gasteiger partial charge < -0.3 is 15.7 Å². The van der Waals surface area contributed by atoms with E-state index >= 15 is 0 Å². The van der Waals surface area contributed by atoms with Crippen molar-refractivity contribution in [3.63, 3.8) is 0 Å². The summed E-state index contributed by atoms with van der Waals surface area (Å²) in [5.74, 6) is 0.572. The number of nitrogens with one attached hydrogen (secondary N) is 1. The van der Waals surface area contributed by atoms with E-state index in [4.69, 9.17) is 15.9 Å². The number of fused-ring (bicyclic) bond motifs is 1. The van der Waals surface area contributed by atoms with E-state index < -0.39 is 0 Å². The third-order valence-corrected chi connectivity index (χ3v) is 3.52. The van der Waals surface area contributed by atoms with E-state index in [1.165, 1.54) is 6.21 Å². The molecule has 4 N–H and O–H groups in total. The predicted molar refractivity (Wildman–Crippen MR) is 94.1 cm³/mol. The summed E-state index contributed by atoms with van der Waals surface area (Å²) in [6.45, 7) is 0.